The molecule has 5 unspecified atom stereocenters. The number of ether oxygens (including phenoxy) is 4. The number of hydrogen-bond acceptors (Lipinski definition) is 8. The first-order chi connectivity index (χ1) is 21.5. The Morgan fingerprint density at radius 1 is 0.955 bits per heavy atom. The molecule has 4 bridgehead atoms. The first-order valence-electron chi connectivity index (χ1n) is 16.3. The molecule has 2 saturated carbocycles. The molecule has 1 aliphatic heterocycles. The molecule has 44 heavy (non-hydrogen) atoms. The third-order valence-corrected chi connectivity index (χ3v) is 9.45. The Morgan fingerprint density at radius 3 is 2.30 bits per heavy atom. The van der Waals surface area contributed by atoms with E-state index in [1.807, 2.05) is 18.2 Å². The molecule has 240 valence electrons. The van der Waals surface area contributed by atoms with E-state index in [9.17, 15) is 4.79 Å². The first kappa shape index (κ1) is 32.6. The van der Waals surface area contributed by atoms with E-state index in [4.69, 9.17) is 25.4 Å². The molecule has 6 atom stereocenters. The van der Waals surface area contributed by atoms with Crippen molar-refractivity contribution in [2.45, 2.75) is 76.5 Å². The summed E-state index contributed by atoms with van der Waals surface area (Å²) in [6.07, 6.45) is 8.80. The van der Waals surface area contributed by atoms with Gasteiger partial charge in [0.15, 0.2) is 0 Å². The van der Waals surface area contributed by atoms with Crippen molar-refractivity contribution in [1.82, 2.24) is 25.0 Å². The Hall–Kier alpha value is -2.81. The number of terminal acetylenes is 1. The third-order valence-electron chi connectivity index (χ3n) is 9.45. The van der Waals surface area contributed by atoms with Crippen LogP contribution in [0.15, 0.2) is 30.3 Å². The van der Waals surface area contributed by atoms with Gasteiger partial charge in [-0.2, -0.15) is 0 Å². The largest absolute Gasteiger partial charge is 0.379 e. The Bertz CT molecular complexity index is 1230. The first-order valence-corrected chi connectivity index (χ1v) is 16.3. The van der Waals surface area contributed by atoms with Crippen molar-refractivity contribution in [1.29, 1.82) is 0 Å². The summed E-state index contributed by atoms with van der Waals surface area (Å²) in [5.74, 6) is 6.42. The quantitative estimate of drug-likeness (QED) is 0.180. The summed E-state index contributed by atoms with van der Waals surface area (Å²) in [6.45, 7) is 11.0. The number of carbonyl (C=O) groups excluding carboxylic acids is 1. The molecular weight excluding hydrogens is 558 g/mol. The monoisotopic (exact) mass is 607 g/mol. The van der Waals surface area contributed by atoms with Crippen LogP contribution < -0.4 is 5.32 Å². The van der Waals surface area contributed by atoms with Crippen molar-refractivity contribution in [2.75, 3.05) is 59.4 Å². The predicted molar refractivity (Wildman–Crippen MR) is 167 cm³/mol. The summed E-state index contributed by atoms with van der Waals surface area (Å²) in [6, 6.07) is 12.1. The molecule has 10 heteroatoms. The summed E-state index contributed by atoms with van der Waals surface area (Å²) < 4.78 is 24.2. The average Bonchev–Trinajstić information content (AvgIpc) is 3.72. The fourth-order valence-corrected chi connectivity index (χ4v) is 7.51. The number of amides is 1. The maximum Gasteiger partial charge on any atom is 0.222 e. The lowest BCUT2D eigenvalue weighted by Crippen LogP contribution is -2.46. The molecule has 0 radical (unpaired) electrons. The number of nitrogens with one attached hydrogen (secondary N) is 1. The van der Waals surface area contributed by atoms with E-state index in [0.29, 0.717) is 89.2 Å². The van der Waals surface area contributed by atoms with E-state index in [1.54, 1.807) is 0 Å². The number of likely N-dealkylation sites (tertiary alicyclic amines) is 1. The van der Waals surface area contributed by atoms with Gasteiger partial charge in [0.1, 0.15) is 18.3 Å². The van der Waals surface area contributed by atoms with Crippen molar-refractivity contribution in [3.63, 3.8) is 0 Å². The van der Waals surface area contributed by atoms with Crippen molar-refractivity contribution in [2.24, 2.45) is 11.8 Å². The number of benzene rings is 1. The second kappa shape index (κ2) is 16.0. The highest BCUT2D eigenvalue weighted by Gasteiger charge is 2.66. The Balaban J connectivity index is 1.02. The van der Waals surface area contributed by atoms with Gasteiger partial charge in [-0.05, 0) is 43.6 Å². The summed E-state index contributed by atoms with van der Waals surface area (Å²) in [7, 11) is 0. The Labute approximate surface area is 262 Å². The van der Waals surface area contributed by atoms with Crippen LogP contribution in [0.4, 0.5) is 0 Å². The van der Waals surface area contributed by atoms with Crippen LogP contribution >= 0.6 is 0 Å². The van der Waals surface area contributed by atoms with E-state index >= 15 is 0 Å². The molecule has 10 nitrogen and oxygen atoms in total. The van der Waals surface area contributed by atoms with Gasteiger partial charge in [0, 0.05) is 37.0 Å². The second-order valence-corrected chi connectivity index (χ2v) is 12.4. The molecule has 1 aromatic carbocycles. The van der Waals surface area contributed by atoms with Crippen molar-refractivity contribution < 1.29 is 23.7 Å². The predicted octanol–water partition coefficient (Wildman–Crippen LogP) is 3.68. The van der Waals surface area contributed by atoms with Gasteiger partial charge >= 0.3 is 0 Å². The second-order valence-electron chi connectivity index (χ2n) is 12.4. The van der Waals surface area contributed by atoms with Crippen LogP contribution in [-0.2, 0) is 23.7 Å². The Kier molecular flexibility index (Phi) is 11.8. The minimum Gasteiger partial charge on any atom is -0.379 e. The highest BCUT2D eigenvalue weighted by atomic mass is 16.6. The average molecular weight is 608 g/mol. The van der Waals surface area contributed by atoms with E-state index < -0.39 is 0 Å². The molecule has 2 heterocycles. The molecule has 3 fully saturated rings. The number of aryl methyl sites for hydroxylation is 1. The van der Waals surface area contributed by atoms with Gasteiger partial charge in [-0.25, -0.2) is 0 Å². The SMILES string of the molecule is C#CCOCCOCCOCCOCCC(=O)N[C@@H](CCN1C2CC(n3c(C)nnc3C(C)C)C3C2CC31)c1ccccc1. The van der Waals surface area contributed by atoms with Crippen LogP contribution in [0.25, 0.3) is 0 Å². The molecule has 1 saturated heterocycles. The minimum absolute atomic E-state index is 0.0110. The smallest absolute Gasteiger partial charge is 0.222 e. The van der Waals surface area contributed by atoms with Gasteiger partial charge in [-0.15, -0.1) is 16.6 Å². The van der Waals surface area contributed by atoms with Crippen LogP contribution in [0.3, 0.4) is 0 Å². The summed E-state index contributed by atoms with van der Waals surface area (Å²) >= 11 is 0. The van der Waals surface area contributed by atoms with E-state index in [0.717, 1.165) is 36.1 Å². The maximum atomic E-state index is 12.9. The van der Waals surface area contributed by atoms with Crippen LogP contribution in [0.1, 0.15) is 74.7 Å². The molecule has 0 spiro atoms. The summed E-state index contributed by atoms with van der Waals surface area (Å²) in [5, 5.41) is 12.2. The van der Waals surface area contributed by atoms with E-state index in [2.05, 4.69) is 63.8 Å². The van der Waals surface area contributed by atoms with Gasteiger partial charge in [-0.3, -0.25) is 9.69 Å². The number of piperidine rings is 1. The van der Waals surface area contributed by atoms with E-state index in [1.165, 1.54) is 12.8 Å². The Morgan fingerprint density at radius 2 is 1.64 bits per heavy atom. The van der Waals surface area contributed by atoms with Crippen molar-refractivity contribution in [3.05, 3.63) is 47.5 Å². The lowest BCUT2D eigenvalue weighted by atomic mass is 9.73. The molecule has 1 aromatic heterocycles. The summed E-state index contributed by atoms with van der Waals surface area (Å²) in [4.78, 5) is 15.7. The van der Waals surface area contributed by atoms with Crippen molar-refractivity contribution >= 4 is 5.91 Å². The van der Waals surface area contributed by atoms with Gasteiger partial charge in [0.05, 0.1) is 52.3 Å². The lowest BCUT2D eigenvalue weighted by molar-refractivity contribution is -0.123. The standard InChI is InChI=1S/C34H49N5O5/c1-5-14-41-16-18-43-20-21-44-19-17-42-15-12-32(40)35-28(26-9-7-6-8-10-26)11-13-38-29-23-31(33-27(29)22-30(33)38)39-25(4)36-37-34(39)24(2)3/h1,6-10,24,27-31,33H,11-23H2,2-4H3,(H,35,40)/t27?,28-,29?,30?,31?,33?/m0/s1. The molecule has 2 aromatic rings. The maximum absolute atomic E-state index is 12.9. The fourth-order valence-electron chi connectivity index (χ4n) is 7.51. The zero-order valence-corrected chi connectivity index (χ0v) is 26.5. The number of nitrogens with zero attached hydrogens (tertiary/aromatic N) is 4. The van der Waals surface area contributed by atoms with Crippen LogP contribution in [0.2, 0.25) is 0 Å². The molecule has 5 rings (SSSR count). The highest BCUT2D eigenvalue weighted by Crippen LogP contribution is 2.63. The minimum atomic E-state index is -0.0243. The zero-order valence-electron chi connectivity index (χ0n) is 26.5. The number of aromatic nitrogens is 3. The molecular formula is C34H49N5O5. The van der Waals surface area contributed by atoms with Gasteiger partial charge < -0.3 is 28.8 Å². The van der Waals surface area contributed by atoms with E-state index in [-0.39, 0.29) is 11.9 Å². The van der Waals surface area contributed by atoms with Crippen LogP contribution in [0, 0.1) is 31.1 Å². The molecule has 1 amide bonds. The number of rotatable bonds is 20. The number of hydrogen-bond donors (Lipinski definition) is 1. The topological polar surface area (TPSA) is 100.0 Å². The van der Waals surface area contributed by atoms with Crippen LogP contribution in [-0.4, -0.2) is 97.1 Å². The summed E-state index contributed by atoms with van der Waals surface area (Å²) in [5.41, 5.74) is 1.15. The third kappa shape index (κ3) is 7.69. The number of carbonyl (C=O) groups is 1. The zero-order chi connectivity index (χ0) is 30.9. The highest BCUT2D eigenvalue weighted by molar-refractivity contribution is 5.76. The van der Waals surface area contributed by atoms with Crippen LogP contribution in [0.5, 0.6) is 0 Å². The molecule has 2 aliphatic carbocycles. The molecule has 1 N–H and O–H groups in total. The molecule has 3 aliphatic rings. The fraction of sp³-hybridized carbons (Fsp3) is 0.676. The van der Waals surface area contributed by atoms with Crippen molar-refractivity contribution in [3.8, 4) is 12.3 Å². The van der Waals surface area contributed by atoms with Gasteiger partial charge in [0.2, 0.25) is 5.91 Å². The van der Waals surface area contributed by atoms with Gasteiger partial charge in [-0.1, -0.05) is 50.1 Å². The normalized spacial score (nSPS) is 24.4. The van der Waals surface area contributed by atoms with Gasteiger partial charge in [0.25, 0.3) is 0 Å². The lowest BCUT2D eigenvalue weighted by Gasteiger charge is -2.43.